The fourth-order valence-corrected chi connectivity index (χ4v) is 3.61. The fourth-order valence-electron chi connectivity index (χ4n) is 3.61. The molecule has 0 aromatic heterocycles. The molecule has 0 aliphatic heterocycles. The van der Waals surface area contributed by atoms with Gasteiger partial charge < -0.3 is 14.2 Å². The minimum Gasteiger partial charge on any atom is -0.488 e. The topological polar surface area (TPSA) is 44.8 Å². The second kappa shape index (κ2) is 10.2. The highest BCUT2D eigenvalue weighted by molar-refractivity contribution is 5.84. The predicted molar refractivity (Wildman–Crippen MR) is 128 cm³/mol. The van der Waals surface area contributed by atoms with E-state index >= 15 is 0 Å². The average Bonchev–Trinajstić information content (AvgIpc) is 2.77. The summed E-state index contributed by atoms with van der Waals surface area (Å²) < 4.78 is 31.2. The number of benzene rings is 3. The number of aryl methyl sites for hydroxylation is 2. The minimum absolute atomic E-state index is 0.342. The second-order valence-corrected chi connectivity index (χ2v) is 9.08. The van der Waals surface area contributed by atoms with Gasteiger partial charge in [0.25, 0.3) is 0 Å². The lowest BCUT2D eigenvalue weighted by molar-refractivity contribution is -0.164. The van der Waals surface area contributed by atoms with Crippen LogP contribution in [0.5, 0.6) is 5.75 Å². The number of carbonyl (C=O) groups is 1. The van der Waals surface area contributed by atoms with E-state index in [1.165, 1.54) is 24.8 Å². The zero-order chi connectivity index (χ0) is 24.2. The first-order chi connectivity index (χ1) is 15.6. The normalized spacial score (nSPS) is 12.3. The molecule has 0 amide bonds. The van der Waals surface area contributed by atoms with Gasteiger partial charge >= 0.3 is 5.97 Å². The van der Waals surface area contributed by atoms with Crippen molar-refractivity contribution in [2.45, 2.75) is 52.9 Å². The number of hydrogen-bond acceptors (Lipinski definition) is 4. The van der Waals surface area contributed by atoms with Gasteiger partial charge in [-0.25, -0.2) is 9.18 Å². The first kappa shape index (κ1) is 24.5. The van der Waals surface area contributed by atoms with Crippen molar-refractivity contribution in [3.05, 3.63) is 88.7 Å². The van der Waals surface area contributed by atoms with Crippen molar-refractivity contribution in [1.82, 2.24) is 0 Å². The molecule has 0 radical (unpaired) electrons. The molecule has 0 N–H and O–H groups in total. The van der Waals surface area contributed by atoms with Gasteiger partial charge in [-0.3, -0.25) is 0 Å². The minimum atomic E-state index is -0.974. The predicted octanol–water partition coefficient (Wildman–Crippen LogP) is 6.72. The van der Waals surface area contributed by atoms with Crippen LogP contribution < -0.4 is 4.74 Å². The Morgan fingerprint density at radius 3 is 2.15 bits per heavy atom. The summed E-state index contributed by atoms with van der Waals surface area (Å²) in [5, 5.41) is 0. The van der Waals surface area contributed by atoms with Crippen molar-refractivity contribution in [3.8, 4) is 16.9 Å². The lowest BCUT2D eigenvalue weighted by Gasteiger charge is -2.29. The molecule has 174 valence electrons. The molecule has 0 aliphatic carbocycles. The molecular weight excluding hydrogens is 419 g/mol. The lowest BCUT2D eigenvalue weighted by atomic mass is 9.90. The molecule has 3 aromatic carbocycles. The summed E-state index contributed by atoms with van der Waals surface area (Å²) in [5.41, 5.74) is 4.47. The van der Waals surface area contributed by atoms with Crippen molar-refractivity contribution in [2.24, 2.45) is 0 Å². The van der Waals surface area contributed by atoms with Crippen molar-refractivity contribution in [2.75, 3.05) is 7.11 Å². The Kier molecular flexibility index (Phi) is 7.54. The molecule has 0 saturated carbocycles. The van der Waals surface area contributed by atoms with Gasteiger partial charge in [-0.05, 0) is 69.5 Å². The van der Waals surface area contributed by atoms with Crippen LogP contribution in [0.15, 0.2) is 60.7 Å². The molecule has 0 heterocycles. The molecule has 0 saturated heterocycles. The largest absolute Gasteiger partial charge is 0.488 e. The van der Waals surface area contributed by atoms with Crippen molar-refractivity contribution in [3.63, 3.8) is 0 Å². The summed E-state index contributed by atoms with van der Waals surface area (Å²) in [7, 11) is 1.34. The number of carbonyl (C=O) groups excluding carboxylic acids is 1. The van der Waals surface area contributed by atoms with Crippen LogP contribution in [-0.2, 0) is 20.9 Å². The zero-order valence-corrected chi connectivity index (χ0v) is 20.1. The third kappa shape index (κ3) is 6.20. The molecule has 1 atom stereocenters. The van der Waals surface area contributed by atoms with Crippen LogP contribution in [0.1, 0.15) is 49.1 Å². The van der Waals surface area contributed by atoms with Crippen LogP contribution in [0.25, 0.3) is 11.1 Å². The molecule has 0 fully saturated rings. The van der Waals surface area contributed by atoms with Crippen LogP contribution in [0, 0.1) is 19.7 Å². The number of hydrogen-bond donors (Lipinski definition) is 0. The number of esters is 1. The van der Waals surface area contributed by atoms with Crippen LogP contribution in [0.2, 0.25) is 0 Å². The Balaban J connectivity index is 2.15. The highest BCUT2D eigenvalue weighted by Crippen LogP contribution is 2.41. The maximum absolute atomic E-state index is 13.7. The summed E-state index contributed by atoms with van der Waals surface area (Å²) in [6.45, 7) is 9.94. The lowest BCUT2D eigenvalue weighted by Crippen LogP contribution is -2.29. The van der Waals surface area contributed by atoms with Crippen molar-refractivity contribution in [1.29, 1.82) is 0 Å². The Morgan fingerprint density at radius 1 is 0.939 bits per heavy atom. The van der Waals surface area contributed by atoms with Crippen molar-refractivity contribution < 1.29 is 23.4 Å². The maximum atomic E-state index is 13.7. The van der Waals surface area contributed by atoms with E-state index in [1.54, 1.807) is 12.1 Å². The Hall–Kier alpha value is -3.18. The van der Waals surface area contributed by atoms with Crippen LogP contribution in [0.3, 0.4) is 0 Å². The molecule has 1 unspecified atom stereocenters. The van der Waals surface area contributed by atoms with E-state index in [-0.39, 0.29) is 5.82 Å². The SMILES string of the molecule is COC(=O)C(OC(C)(C)C)c1c(C)ccc(OCc2ccc(C)cc2)c1-c1ccc(F)cc1. The van der Waals surface area contributed by atoms with Gasteiger partial charge in [0, 0.05) is 11.1 Å². The monoisotopic (exact) mass is 450 g/mol. The van der Waals surface area contributed by atoms with Gasteiger partial charge in [0.1, 0.15) is 18.2 Å². The first-order valence-electron chi connectivity index (χ1n) is 10.9. The molecule has 3 rings (SSSR count). The number of rotatable bonds is 7. The number of methoxy groups -OCH3 is 1. The quantitative estimate of drug-likeness (QED) is 0.375. The van der Waals surface area contributed by atoms with Gasteiger partial charge in [-0.15, -0.1) is 0 Å². The van der Waals surface area contributed by atoms with Gasteiger partial charge in [0.05, 0.1) is 12.7 Å². The van der Waals surface area contributed by atoms with E-state index in [4.69, 9.17) is 14.2 Å². The summed E-state index contributed by atoms with van der Waals surface area (Å²) in [5.74, 6) is -0.271. The summed E-state index contributed by atoms with van der Waals surface area (Å²) in [4.78, 5) is 12.9. The molecule has 4 nitrogen and oxygen atoms in total. The van der Waals surface area contributed by atoms with E-state index in [0.717, 1.165) is 16.7 Å². The average molecular weight is 451 g/mol. The van der Waals surface area contributed by atoms with Crippen LogP contribution in [-0.4, -0.2) is 18.7 Å². The molecule has 33 heavy (non-hydrogen) atoms. The highest BCUT2D eigenvalue weighted by atomic mass is 19.1. The standard InChI is InChI=1S/C28H31FO4/c1-18-7-10-20(11-8-18)17-32-23-16-9-19(2)24(25(23)21-12-14-22(29)15-13-21)26(27(30)31-6)33-28(3,4)5/h7-16,26H,17H2,1-6H3. The number of ether oxygens (including phenoxy) is 3. The van der Waals surface area contributed by atoms with Crippen LogP contribution >= 0.6 is 0 Å². The smallest absolute Gasteiger partial charge is 0.339 e. The van der Waals surface area contributed by atoms with E-state index in [0.29, 0.717) is 23.5 Å². The van der Waals surface area contributed by atoms with E-state index in [9.17, 15) is 9.18 Å². The summed E-state index contributed by atoms with van der Waals surface area (Å²) >= 11 is 0. The maximum Gasteiger partial charge on any atom is 0.339 e. The Morgan fingerprint density at radius 2 is 1.58 bits per heavy atom. The highest BCUT2D eigenvalue weighted by Gasteiger charge is 2.33. The molecule has 3 aromatic rings. The van der Waals surface area contributed by atoms with Gasteiger partial charge in [0.15, 0.2) is 6.10 Å². The second-order valence-electron chi connectivity index (χ2n) is 9.08. The fraction of sp³-hybridized carbons (Fsp3) is 0.321. The van der Waals surface area contributed by atoms with E-state index < -0.39 is 17.7 Å². The van der Waals surface area contributed by atoms with Crippen LogP contribution in [0.4, 0.5) is 4.39 Å². The first-order valence-corrected chi connectivity index (χ1v) is 10.9. The van der Waals surface area contributed by atoms with E-state index in [2.05, 4.69) is 0 Å². The third-order valence-corrected chi connectivity index (χ3v) is 5.22. The molecule has 0 bridgehead atoms. The third-order valence-electron chi connectivity index (χ3n) is 5.22. The number of halogens is 1. The molecule has 5 heteroatoms. The summed E-state index contributed by atoms with van der Waals surface area (Å²) in [6, 6.07) is 18.0. The summed E-state index contributed by atoms with van der Waals surface area (Å²) in [6.07, 6.45) is -0.974. The Labute approximate surface area is 195 Å². The Bertz CT molecular complexity index is 1100. The molecule has 0 aliphatic rings. The molecular formula is C28H31FO4. The van der Waals surface area contributed by atoms with E-state index in [1.807, 2.05) is 71.0 Å². The van der Waals surface area contributed by atoms with Gasteiger partial charge in [0.2, 0.25) is 0 Å². The molecule has 0 spiro atoms. The van der Waals surface area contributed by atoms with Crippen molar-refractivity contribution >= 4 is 5.97 Å². The zero-order valence-electron chi connectivity index (χ0n) is 20.1. The van der Waals surface area contributed by atoms with Gasteiger partial charge in [-0.2, -0.15) is 0 Å². The van der Waals surface area contributed by atoms with Gasteiger partial charge in [-0.1, -0.05) is 48.0 Å².